The van der Waals surface area contributed by atoms with Crippen molar-refractivity contribution >= 4 is 16.5 Å². The van der Waals surface area contributed by atoms with Gasteiger partial charge in [0.2, 0.25) is 10.1 Å². The van der Waals surface area contributed by atoms with E-state index < -0.39 is 11.2 Å². The van der Waals surface area contributed by atoms with Crippen molar-refractivity contribution in [2.24, 2.45) is 11.1 Å². The van der Waals surface area contributed by atoms with Gasteiger partial charge in [0.25, 0.3) is 0 Å². The van der Waals surface area contributed by atoms with Crippen molar-refractivity contribution in [3.63, 3.8) is 0 Å². The molecule has 0 amide bonds. The summed E-state index contributed by atoms with van der Waals surface area (Å²) in [4.78, 5) is 0. The molecular formula is C10H15F3N4S. The van der Waals surface area contributed by atoms with Gasteiger partial charge in [0.15, 0.2) is 0 Å². The molecule has 0 radical (unpaired) electrons. The van der Waals surface area contributed by atoms with Crippen LogP contribution in [0, 0.1) is 5.41 Å². The van der Waals surface area contributed by atoms with E-state index in [0.29, 0.717) is 24.4 Å². The fraction of sp³-hybridized carbons (Fsp3) is 0.800. The monoisotopic (exact) mass is 280 g/mol. The van der Waals surface area contributed by atoms with Crippen molar-refractivity contribution in [1.82, 2.24) is 10.2 Å². The van der Waals surface area contributed by atoms with Crippen LogP contribution in [0.25, 0.3) is 0 Å². The molecule has 0 atom stereocenters. The summed E-state index contributed by atoms with van der Waals surface area (Å²) in [6.45, 7) is 1.11. The first-order valence-corrected chi connectivity index (χ1v) is 6.61. The summed E-state index contributed by atoms with van der Waals surface area (Å²) >= 11 is 0.533. The van der Waals surface area contributed by atoms with Crippen molar-refractivity contribution < 1.29 is 13.2 Å². The fourth-order valence-corrected chi connectivity index (χ4v) is 2.86. The lowest BCUT2D eigenvalue weighted by molar-refractivity contribution is -0.138. The Morgan fingerprint density at radius 3 is 2.44 bits per heavy atom. The molecule has 1 saturated carbocycles. The molecule has 8 heteroatoms. The molecule has 3 N–H and O–H groups in total. The number of hydrogen-bond acceptors (Lipinski definition) is 5. The minimum Gasteiger partial charge on any atom is -0.359 e. The molecule has 0 aliphatic heterocycles. The molecule has 1 heterocycles. The molecule has 0 unspecified atom stereocenters. The Morgan fingerprint density at radius 1 is 1.28 bits per heavy atom. The molecule has 2 rings (SSSR count). The van der Waals surface area contributed by atoms with Crippen LogP contribution in [0.5, 0.6) is 0 Å². The number of nitrogens with zero attached hydrogens (tertiary/aromatic N) is 2. The Hall–Kier alpha value is -0.890. The summed E-state index contributed by atoms with van der Waals surface area (Å²) < 4.78 is 37.0. The first-order valence-electron chi connectivity index (χ1n) is 5.80. The van der Waals surface area contributed by atoms with Gasteiger partial charge in [0.05, 0.1) is 0 Å². The van der Waals surface area contributed by atoms with Crippen molar-refractivity contribution in [3.05, 3.63) is 5.01 Å². The maximum absolute atomic E-state index is 12.3. The standard InChI is InChI=1S/C10H15F3N4S/c11-10(12,13)7-16-17-8(18-7)15-6-9(5-14)3-1-2-4-9/h1-6,14H2,(H,15,17). The third kappa shape index (κ3) is 2.92. The third-order valence-electron chi connectivity index (χ3n) is 3.38. The highest BCUT2D eigenvalue weighted by molar-refractivity contribution is 7.15. The summed E-state index contributed by atoms with van der Waals surface area (Å²) in [5.74, 6) is 0. The SMILES string of the molecule is NCC1(CNc2nnc(C(F)(F)F)s2)CCCC1. The van der Waals surface area contributed by atoms with Crippen molar-refractivity contribution in [1.29, 1.82) is 0 Å². The highest BCUT2D eigenvalue weighted by Gasteiger charge is 2.36. The average Bonchev–Trinajstić information content (AvgIpc) is 2.96. The second kappa shape index (κ2) is 5.00. The first kappa shape index (κ1) is 13.5. The molecule has 1 fully saturated rings. The molecule has 0 bridgehead atoms. The van der Waals surface area contributed by atoms with Crippen LogP contribution >= 0.6 is 11.3 Å². The number of alkyl halides is 3. The van der Waals surface area contributed by atoms with Crippen LogP contribution in [0.4, 0.5) is 18.3 Å². The smallest absolute Gasteiger partial charge is 0.359 e. The zero-order valence-corrected chi connectivity index (χ0v) is 10.6. The van der Waals surface area contributed by atoms with Crippen LogP contribution in [-0.2, 0) is 6.18 Å². The number of aromatic nitrogens is 2. The Bertz CT molecular complexity index is 398. The van der Waals surface area contributed by atoms with E-state index >= 15 is 0 Å². The van der Waals surface area contributed by atoms with Crippen molar-refractivity contribution in [2.45, 2.75) is 31.9 Å². The first-order chi connectivity index (χ1) is 8.45. The van der Waals surface area contributed by atoms with Gasteiger partial charge in [0.1, 0.15) is 0 Å². The van der Waals surface area contributed by atoms with Crippen LogP contribution in [-0.4, -0.2) is 23.3 Å². The summed E-state index contributed by atoms with van der Waals surface area (Å²) in [6.07, 6.45) is -0.134. The Labute approximate surface area is 107 Å². The van der Waals surface area contributed by atoms with Gasteiger partial charge in [-0.1, -0.05) is 24.2 Å². The average molecular weight is 280 g/mol. The fourth-order valence-electron chi connectivity index (χ4n) is 2.25. The largest absolute Gasteiger partial charge is 0.445 e. The molecule has 1 aliphatic rings. The zero-order valence-electron chi connectivity index (χ0n) is 9.76. The summed E-state index contributed by atoms with van der Waals surface area (Å²) in [6, 6.07) is 0. The molecule has 18 heavy (non-hydrogen) atoms. The molecule has 1 aliphatic carbocycles. The van der Waals surface area contributed by atoms with E-state index in [2.05, 4.69) is 15.5 Å². The number of anilines is 1. The van der Waals surface area contributed by atoms with Crippen LogP contribution in [0.15, 0.2) is 0 Å². The lowest BCUT2D eigenvalue weighted by Crippen LogP contribution is -2.34. The van der Waals surface area contributed by atoms with E-state index in [9.17, 15) is 13.2 Å². The second-order valence-corrected chi connectivity index (χ2v) is 5.65. The van der Waals surface area contributed by atoms with Crippen molar-refractivity contribution in [2.75, 3.05) is 18.4 Å². The lowest BCUT2D eigenvalue weighted by Gasteiger charge is -2.26. The molecule has 1 aromatic rings. The van der Waals surface area contributed by atoms with Gasteiger partial charge in [-0.25, -0.2) is 0 Å². The Kier molecular flexibility index (Phi) is 3.76. The van der Waals surface area contributed by atoms with Crippen LogP contribution in [0.2, 0.25) is 0 Å². The van der Waals surface area contributed by atoms with Crippen LogP contribution < -0.4 is 11.1 Å². The predicted molar refractivity (Wildman–Crippen MR) is 63.4 cm³/mol. The Morgan fingerprint density at radius 2 is 1.94 bits per heavy atom. The molecule has 0 saturated heterocycles. The number of halogens is 3. The molecule has 1 aromatic heterocycles. The molecular weight excluding hydrogens is 265 g/mol. The van der Waals surface area contributed by atoms with E-state index in [1.165, 1.54) is 0 Å². The number of rotatable bonds is 4. The lowest BCUT2D eigenvalue weighted by atomic mass is 9.86. The Balaban J connectivity index is 1.96. The van der Waals surface area contributed by atoms with Gasteiger partial charge < -0.3 is 11.1 Å². The minimum absolute atomic E-state index is 0.00403. The van der Waals surface area contributed by atoms with Crippen LogP contribution in [0.3, 0.4) is 0 Å². The van der Waals surface area contributed by atoms with E-state index in [0.717, 1.165) is 25.7 Å². The van der Waals surface area contributed by atoms with Gasteiger partial charge in [-0.2, -0.15) is 13.2 Å². The van der Waals surface area contributed by atoms with Gasteiger partial charge in [-0.3, -0.25) is 0 Å². The molecule has 102 valence electrons. The summed E-state index contributed by atoms with van der Waals surface area (Å²) in [5, 5.41) is 8.86. The van der Waals surface area contributed by atoms with Crippen molar-refractivity contribution in [3.8, 4) is 0 Å². The van der Waals surface area contributed by atoms with E-state index in [1.807, 2.05) is 0 Å². The van der Waals surface area contributed by atoms with Gasteiger partial charge in [0, 0.05) is 6.54 Å². The van der Waals surface area contributed by atoms with Gasteiger partial charge in [-0.15, -0.1) is 10.2 Å². The highest BCUT2D eigenvalue weighted by atomic mass is 32.1. The van der Waals surface area contributed by atoms with E-state index in [-0.39, 0.29) is 10.5 Å². The zero-order chi connectivity index (χ0) is 13.2. The van der Waals surface area contributed by atoms with Crippen LogP contribution in [0.1, 0.15) is 30.7 Å². The highest BCUT2D eigenvalue weighted by Crippen LogP contribution is 2.38. The number of nitrogens with one attached hydrogen (secondary N) is 1. The predicted octanol–water partition coefficient (Wildman–Crippen LogP) is 2.49. The summed E-state index contributed by atoms with van der Waals surface area (Å²) in [5.41, 5.74) is 5.76. The van der Waals surface area contributed by atoms with E-state index in [4.69, 9.17) is 5.73 Å². The topological polar surface area (TPSA) is 63.8 Å². The second-order valence-electron chi connectivity index (χ2n) is 4.67. The number of hydrogen-bond donors (Lipinski definition) is 2. The normalized spacial score (nSPS) is 19.1. The molecule has 0 spiro atoms. The third-order valence-corrected chi connectivity index (χ3v) is 4.31. The quantitative estimate of drug-likeness (QED) is 0.889. The maximum atomic E-state index is 12.3. The van der Waals surface area contributed by atoms with Gasteiger partial charge in [-0.05, 0) is 24.8 Å². The maximum Gasteiger partial charge on any atom is 0.445 e. The van der Waals surface area contributed by atoms with E-state index in [1.54, 1.807) is 0 Å². The summed E-state index contributed by atoms with van der Waals surface area (Å²) in [7, 11) is 0. The molecule has 0 aromatic carbocycles. The molecule has 4 nitrogen and oxygen atoms in total. The van der Waals surface area contributed by atoms with Gasteiger partial charge >= 0.3 is 6.18 Å². The minimum atomic E-state index is -4.42. The number of nitrogens with two attached hydrogens (primary N) is 1.